The highest BCUT2D eigenvalue weighted by molar-refractivity contribution is 4.83. The lowest BCUT2D eigenvalue weighted by atomic mass is 10.3. The lowest BCUT2D eigenvalue weighted by molar-refractivity contribution is 0.330. The number of hydrogen-bond acceptors (Lipinski definition) is 2. The van der Waals surface area contributed by atoms with Gasteiger partial charge in [-0.15, -0.1) is 0 Å². The summed E-state index contributed by atoms with van der Waals surface area (Å²) in [5, 5.41) is 3.58. The van der Waals surface area contributed by atoms with E-state index in [1.165, 1.54) is 58.4 Å². The van der Waals surface area contributed by atoms with Gasteiger partial charge in [-0.05, 0) is 70.2 Å². The summed E-state index contributed by atoms with van der Waals surface area (Å²) in [4.78, 5) is 2.60. The van der Waals surface area contributed by atoms with Gasteiger partial charge in [0.1, 0.15) is 0 Å². The molecular formula is C12H24N2. The maximum absolute atomic E-state index is 3.58. The SMILES string of the molecule is CC1CC1CNCCCN1CCCC1. The standard InChI is InChI=1S/C12H24N2/c1-11-9-12(11)10-13-5-4-8-14-6-2-3-7-14/h11-13H,2-10H2,1H3. The van der Waals surface area contributed by atoms with E-state index in [-0.39, 0.29) is 0 Å². The topological polar surface area (TPSA) is 15.3 Å². The molecule has 82 valence electrons. The van der Waals surface area contributed by atoms with Gasteiger partial charge in [0.2, 0.25) is 0 Å². The number of nitrogens with one attached hydrogen (secondary N) is 1. The Bertz CT molecular complexity index is 164. The minimum absolute atomic E-state index is 1.00. The summed E-state index contributed by atoms with van der Waals surface area (Å²) < 4.78 is 0. The smallest absolute Gasteiger partial charge is 0.000664 e. The Hall–Kier alpha value is -0.0800. The second kappa shape index (κ2) is 5.13. The zero-order valence-electron chi connectivity index (χ0n) is 9.47. The van der Waals surface area contributed by atoms with Crippen LogP contribution in [0.2, 0.25) is 0 Å². The Morgan fingerprint density at radius 2 is 2.00 bits per heavy atom. The summed E-state index contributed by atoms with van der Waals surface area (Å²) in [5.41, 5.74) is 0. The minimum Gasteiger partial charge on any atom is -0.316 e. The van der Waals surface area contributed by atoms with Crippen LogP contribution < -0.4 is 5.32 Å². The number of hydrogen-bond donors (Lipinski definition) is 1. The second-order valence-electron chi connectivity index (χ2n) is 5.08. The van der Waals surface area contributed by atoms with Gasteiger partial charge in [0.25, 0.3) is 0 Å². The van der Waals surface area contributed by atoms with Crippen molar-refractivity contribution in [1.29, 1.82) is 0 Å². The zero-order valence-corrected chi connectivity index (χ0v) is 9.47. The first kappa shape index (κ1) is 10.4. The highest BCUT2D eigenvalue weighted by Crippen LogP contribution is 2.36. The first-order valence-corrected chi connectivity index (χ1v) is 6.29. The molecule has 0 amide bonds. The molecule has 1 N–H and O–H groups in total. The summed E-state index contributed by atoms with van der Waals surface area (Å²) in [7, 11) is 0. The van der Waals surface area contributed by atoms with Gasteiger partial charge in [0.15, 0.2) is 0 Å². The fourth-order valence-electron chi connectivity index (χ4n) is 2.40. The Morgan fingerprint density at radius 1 is 1.29 bits per heavy atom. The van der Waals surface area contributed by atoms with Crippen molar-refractivity contribution in [3.05, 3.63) is 0 Å². The van der Waals surface area contributed by atoms with Crippen molar-refractivity contribution < 1.29 is 0 Å². The first-order chi connectivity index (χ1) is 6.86. The van der Waals surface area contributed by atoms with Crippen LogP contribution >= 0.6 is 0 Å². The molecular weight excluding hydrogens is 172 g/mol. The minimum atomic E-state index is 1.00. The van der Waals surface area contributed by atoms with E-state index in [9.17, 15) is 0 Å². The molecule has 2 rings (SSSR count). The molecule has 2 nitrogen and oxygen atoms in total. The second-order valence-corrected chi connectivity index (χ2v) is 5.08. The monoisotopic (exact) mass is 196 g/mol. The van der Waals surface area contributed by atoms with Gasteiger partial charge in [0.05, 0.1) is 0 Å². The summed E-state index contributed by atoms with van der Waals surface area (Å²) >= 11 is 0. The first-order valence-electron chi connectivity index (χ1n) is 6.29. The van der Waals surface area contributed by atoms with Crippen LogP contribution in [-0.4, -0.2) is 37.6 Å². The molecule has 2 heteroatoms. The summed E-state index contributed by atoms with van der Waals surface area (Å²) in [6, 6.07) is 0. The lowest BCUT2D eigenvalue weighted by Gasteiger charge is -2.14. The van der Waals surface area contributed by atoms with Crippen LogP contribution in [0.4, 0.5) is 0 Å². The highest BCUT2D eigenvalue weighted by Gasteiger charge is 2.31. The molecule has 1 aliphatic carbocycles. The van der Waals surface area contributed by atoms with Crippen molar-refractivity contribution in [2.75, 3.05) is 32.7 Å². The molecule has 0 aromatic rings. The van der Waals surface area contributed by atoms with Crippen LogP contribution in [0.25, 0.3) is 0 Å². The molecule has 0 aromatic heterocycles. The van der Waals surface area contributed by atoms with Crippen molar-refractivity contribution in [3.63, 3.8) is 0 Å². The van der Waals surface area contributed by atoms with Crippen LogP contribution in [0, 0.1) is 11.8 Å². The molecule has 2 unspecified atom stereocenters. The van der Waals surface area contributed by atoms with Gasteiger partial charge >= 0.3 is 0 Å². The molecule has 1 saturated carbocycles. The molecule has 2 fully saturated rings. The van der Waals surface area contributed by atoms with Gasteiger partial charge in [-0.3, -0.25) is 0 Å². The number of likely N-dealkylation sites (tertiary alicyclic amines) is 1. The van der Waals surface area contributed by atoms with Gasteiger partial charge < -0.3 is 10.2 Å². The Labute approximate surface area is 88.1 Å². The van der Waals surface area contributed by atoms with E-state index in [4.69, 9.17) is 0 Å². The predicted octanol–water partition coefficient (Wildman–Crippen LogP) is 1.72. The van der Waals surface area contributed by atoms with E-state index in [2.05, 4.69) is 17.1 Å². The molecule has 0 aromatic carbocycles. The third-order valence-corrected chi connectivity index (χ3v) is 3.71. The lowest BCUT2D eigenvalue weighted by Crippen LogP contribution is -2.25. The number of rotatable bonds is 6. The number of nitrogens with zero attached hydrogens (tertiary/aromatic N) is 1. The molecule has 14 heavy (non-hydrogen) atoms. The van der Waals surface area contributed by atoms with E-state index >= 15 is 0 Å². The van der Waals surface area contributed by atoms with Crippen molar-refractivity contribution >= 4 is 0 Å². The summed E-state index contributed by atoms with van der Waals surface area (Å²) in [6.45, 7) is 8.85. The molecule has 2 atom stereocenters. The largest absolute Gasteiger partial charge is 0.316 e. The van der Waals surface area contributed by atoms with Crippen LogP contribution in [0.3, 0.4) is 0 Å². The maximum Gasteiger partial charge on any atom is -0.000664 e. The molecule has 0 radical (unpaired) electrons. The average molecular weight is 196 g/mol. The van der Waals surface area contributed by atoms with Gasteiger partial charge in [0, 0.05) is 0 Å². The van der Waals surface area contributed by atoms with Crippen LogP contribution in [0.1, 0.15) is 32.6 Å². The Morgan fingerprint density at radius 3 is 2.64 bits per heavy atom. The Balaban J connectivity index is 1.39. The van der Waals surface area contributed by atoms with Gasteiger partial charge in [-0.25, -0.2) is 0 Å². The third-order valence-electron chi connectivity index (χ3n) is 3.71. The molecule has 1 heterocycles. The average Bonchev–Trinajstić information content (AvgIpc) is 2.69. The molecule has 0 bridgehead atoms. The fourth-order valence-corrected chi connectivity index (χ4v) is 2.40. The van der Waals surface area contributed by atoms with E-state index in [1.807, 2.05) is 0 Å². The van der Waals surface area contributed by atoms with Crippen LogP contribution in [0.15, 0.2) is 0 Å². The van der Waals surface area contributed by atoms with Crippen molar-refractivity contribution in [1.82, 2.24) is 10.2 Å². The summed E-state index contributed by atoms with van der Waals surface area (Å²) in [6.07, 6.45) is 5.64. The van der Waals surface area contributed by atoms with E-state index in [0.717, 1.165) is 11.8 Å². The van der Waals surface area contributed by atoms with E-state index < -0.39 is 0 Å². The van der Waals surface area contributed by atoms with Crippen molar-refractivity contribution in [3.8, 4) is 0 Å². The van der Waals surface area contributed by atoms with Crippen molar-refractivity contribution in [2.45, 2.75) is 32.6 Å². The van der Waals surface area contributed by atoms with E-state index in [1.54, 1.807) is 0 Å². The molecule has 1 saturated heterocycles. The predicted molar refractivity (Wildman–Crippen MR) is 60.4 cm³/mol. The third kappa shape index (κ3) is 3.25. The Kier molecular flexibility index (Phi) is 3.82. The molecule has 0 spiro atoms. The van der Waals surface area contributed by atoms with Crippen LogP contribution in [0.5, 0.6) is 0 Å². The highest BCUT2D eigenvalue weighted by atomic mass is 15.1. The van der Waals surface area contributed by atoms with E-state index in [0.29, 0.717) is 0 Å². The normalized spacial score (nSPS) is 32.4. The van der Waals surface area contributed by atoms with Gasteiger partial charge in [-0.1, -0.05) is 6.92 Å². The van der Waals surface area contributed by atoms with Crippen LogP contribution in [-0.2, 0) is 0 Å². The maximum atomic E-state index is 3.58. The molecule has 1 aliphatic heterocycles. The zero-order chi connectivity index (χ0) is 9.80. The summed E-state index contributed by atoms with van der Waals surface area (Å²) in [5.74, 6) is 2.00. The van der Waals surface area contributed by atoms with Gasteiger partial charge in [-0.2, -0.15) is 0 Å². The van der Waals surface area contributed by atoms with Crippen molar-refractivity contribution in [2.24, 2.45) is 11.8 Å². The molecule has 2 aliphatic rings. The quantitative estimate of drug-likeness (QED) is 0.651. The fraction of sp³-hybridized carbons (Fsp3) is 1.00.